The second-order valence-corrected chi connectivity index (χ2v) is 12.4. The molecular formula is C18H38OSi. The molecule has 0 N–H and O–H groups in total. The van der Waals surface area contributed by atoms with Gasteiger partial charge in [0.15, 0.2) is 8.32 Å². The lowest BCUT2D eigenvalue weighted by Crippen LogP contribution is -2.43. The van der Waals surface area contributed by atoms with E-state index in [1.807, 2.05) is 6.08 Å². The molecule has 20 heavy (non-hydrogen) atoms. The number of unbranched alkanes of at least 4 members (excludes halogenated alkanes) is 6. The monoisotopic (exact) mass is 298 g/mol. The highest BCUT2D eigenvalue weighted by Gasteiger charge is 2.38. The first-order valence-electron chi connectivity index (χ1n) is 8.49. The van der Waals surface area contributed by atoms with Crippen LogP contribution in [0.15, 0.2) is 12.7 Å². The van der Waals surface area contributed by atoms with Crippen LogP contribution in [0.5, 0.6) is 0 Å². The Hall–Kier alpha value is -0.0831. The Bertz CT molecular complexity index is 253. The molecule has 0 aliphatic carbocycles. The van der Waals surface area contributed by atoms with E-state index in [0.29, 0.717) is 11.1 Å². The molecule has 1 unspecified atom stereocenters. The van der Waals surface area contributed by atoms with E-state index < -0.39 is 8.32 Å². The summed E-state index contributed by atoms with van der Waals surface area (Å²) < 4.78 is 6.39. The summed E-state index contributed by atoms with van der Waals surface area (Å²) in [4.78, 5) is 0. The molecule has 0 aromatic rings. The lowest BCUT2D eigenvalue weighted by atomic mass is 10.1. The summed E-state index contributed by atoms with van der Waals surface area (Å²) in [5, 5.41) is 0.326. The average Bonchev–Trinajstić information content (AvgIpc) is 2.30. The van der Waals surface area contributed by atoms with Crippen molar-refractivity contribution in [3.8, 4) is 0 Å². The standard InChI is InChI=1S/C18H38OSi/c1-8-9-10-11-12-13-14-15-16-17(2)19-20(6,7)18(3,4)5/h8,17H,1,9-16H2,2-7H3. The second kappa shape index (κ2) is 9.78. The summed E-state index contributed by atoms with van der Waals surface area (Å²) in [6.07, 6.45) is 13.0. The van der Waals surface area contributed by atoms with Crippen molar-refractivity contribution in [2.75, 3.05) is 0 Å². The summed E-state index contributed by atoms with van der Waals surface area (Å²) in [5.74, 6) is 0. The fraction of sp³-hybridized carbons (Fsp3) is 0.889. The van der Waals surface area contributed by atoms with Crippen molar-refractivity contribution in [2.45, 2.75) is 103 Å². The largest absolute Gasteiger partial charge is 0.414 e. The number of hydrogen-bond donors (Lipinski definition) is 0. The third-order valence-corrected chi connectivity index (χ3v) is 9.17. The quantitative estimate of drug-likeness (QED) is 0.234. The summed E-state index contributed by atoms with van der Waals surface area (Å²) >= 11 is 0. The highest BCUT2D eigenvalue weighted by atomic mass is 28.4. The fourth-order valence-corrected chi connectivity index (χ4v) is 3.64. The minimum atomic E-state index is -1.57. The third kappa shape index (κ3) is 8.96. The zero-order chi connectivity index (χ0) is 15.6. The van der Waals surface area contributed by atoms with Crippen LogP contribution < -0.4 is 0 Å². The van der Waals surface area contributed by atoms with Gasteiger partial charge in [-0.1, -0.05) is 59.0 Å². The highest BCUT2D eigenvalue weighted by Crippen LogP contribution is 2.37. The molecule has 0 radical (unpaired) electrons. The maximum Gasteiger partial charge on any atom is 0.192 e. The Balaban J connectivity index is 3.64. The number of allylic oxidation sites excluding steroid dienone is 1. The maximum absolute atomic E-state index is 6.39. The maximum atomic E-state index is 6.39. The molecular weight excluding hydrogens is 260 g/mol. The van der Waals surface area contributed by atoms with Gasteiger partial charge in [-0.05, 0) is 44.3 Å². The minimum absolute atomic E-state index is 0.326. The van der Waals surface area contributed by atoms with Crippen molar-refractivity contribution in [1.29, 1.82) is 0 Å². The first kappa shape index (κ1) is 19.9. The van der Waals surface area contributed by atoms with Crippen LogP contribution in [0.1, 0.15) is 79.1 Å². The predicted molar refractivity (Wildman–Crippen MR) is 94.9 cm³/mol. The van der Waals surface area contributed by atoms with E-state index in [0.717, 1.165) is 0 Å². The van der Waals surface area contributed by atoms with Crippen molar-refractivity contribution in [1.82, 2.24) is 0 Å². The Morgan fingerprint density at radius 1 is 1.00 bits per heavy atom. The van der Waals surface area contributed by atoms with Gasteiger partial charge >= 0.3 is 0 Å². The van der Waals surface area contributed by atoms with Crippen LogP contribution in [0.25, 0.3) is 0 Å². The Kier molecular flexibility index (Phi) is 9.74. The van der Waals surface area contributed by atoms with Crippen molar-refractivity contribution in [3.05, 3.63) is 12.7 Å². The first-order valence-corrected chi connectivity index (χ1v) is 11.4. The molecule has 2 heteroatoms. The minimum Gasteiger partial charge on any atom is -0.414 e. The lowest BCUT2D eigenvalue weighted by molar-refractivity contribution is 0.185. The summed E-state index contributed by atoms with van der Waals surface area (Å²) in [5.41, 5.74) is 0. The third-order valence-electron chi connectivity index (χ3n) is 4.57. The second-order valence-electron chi connectivity index (χ2n) is 7.68. The van der Waals surface area contributed by atoms with Crippen LogP contribution in [0.2, 0.25) is 18.1 Å². The lowest BCUT2D eigenvalue weighted by Gasteiger charge is -2.38. The molecule has 0 amide bonds. The van der Waals surface area contributed by atoms with E-state index in [9.17, 15) is 0 Å². The van der Waals surface area contributed by atoms with Gasteiger partial charge in [0.1, 0.15) is 0 Å². The van der Waals surface area contributed by atoms with Gasteiger partial charge in [-0.25, -0.2) is 0 Å². The van der Waals surface area contributed by atoms with E-state index in [2.05, 4.69) is 47.4 Å². The average molecular weight is 299 g/mol. The molecule has 0 aliphatic rings. The Labute approximate surface area is 129 Å². The molecule has 0 aliphatic heterocycles. The Morgan fingerprint density at radius 2 is 1.50 bits per heavy atom. The van der Waals surface area contributed by atoms with Gasteiger partial charge in [-0.3, -0.25) is 0 Å². The van der Waals surface area contributed by atoms with Crippen LogP contribution in [0.3, 0.4) is 0 Å². The molecule has 0 aromatic carbocycles. The fourth-order valence-electron chi connectivity index (χ4n) is 2.17. The van der Waals surface area contributed by atoms with E-state index in [-0.39, 0.29) is 0 Å². The van der Waals surface area contributed by atoms with Crippen molar-refractivity contribution in [3.63, 3.8) is 0 Å². The van der Waals surface area contributed by atoms with Gasteiger partial charge in [0, 0.05) is 6.10 Å². The predicted octanol–water partition coefficient (Wildman–Crippen LogP) is 6.70. The zero-order valence-corrected chi connectivity index (χ0v) is 15.9. The van der Waals surface area contributed by atoms with E-state index >= 15 is 0 Å². The molecule has 120 valence electrons. The molecule has 0 fully saturated rings. The molecule has 1 atom stereocenters. The van der Waals surface area contributed by atoms with Crippen molar-refractivity contribution >= 4 is 8.32 Å². The topological polar surface area (TPSA) is 9.23 Å². The van der Waals surface area contributed by atoms with E-state index in [4.69, 9.17) is 4.43 Å². The van der Waals surface area contributed by atoms with Crippen LogP contribution in [-0.4, -0.2) is 14.4 Å². The first-order chi connectivity index (χ1) is 9.20. The van der Waals surface area contributed by atoms with Gasteiger partial charge in [0.25, 0.3) is 0 Å². The normalized spacial score (nSPS) is 14.3. The smallest absolute Gasteiger partial charge is 0.192 e. The molecule has 1 nitrogen and oxygen atoms in total. The van der Waals surface area contributed by atoms with Gasteiger partial charge < -0.3 is 4.43 Å². The SMILES string of the molecule is C=CCCCCCCCCC(C)O[Si](C)(C)C(C)(C)C. The van der Waals surface area contributed by atoms with Gasteiger partial charge in [0.05, 0.1) is 0 Å². The Morgan fingerprint density at radius 3 is 2.00 bits per heavy atom. The summed E-state index contributed by atoms with van der Waals surface area (Å²) in [6.45, 7) is 17.7. The van der Waals surface area contributed by atoms with Gasteiger partial charge in [0.2, 0.25) is 0 Å². The molecule has 0 saturated heterocycles. The van der Waals surface area contributed by atoms with Crippen LogP contribution in [-0.2, 0) is 4.43 Å². The molecule has 0 rings (SSSR count). The van der Waals surface area contributed by atoms with Gasteiger partial charge in [-0.2, -0.15) is 0 Å². The van der Waals surface area contributed by atoms with E-state index in [1.165, 1.54) is 51.4 Å². The number of rotatable bonds is 11. The van der Waals surface area contributed by atoms with Crippen LogP contribution in [0, 0.1) is 0 Å². The van der Waals surface area contributed by atoms with Crippen molar-refractivity contribution < 1.29 is 4.43 Å². The highest BCUT2D eigenvalue weighted by molar-refractivity contribution is 6.74. The molecule has 0 heterocycles. The van der Waals surface area contributed by atoms with E-state index in [1.54, 1.807) is 0 Å². The zero-order valence-electron chi connectivity index (χ0n) is 14.9. The summed E-state index contributed by atoms with van der Waals surface area (Å²) in [6, 6.07) is 0. The molecule has 0 saturated carbocycles. The van der Waals surface area contributed by atoms with Gasteiger partial charge in [-0.15, -0.1) is 6.58 Å². The summed E-state index contributed by atoms with van der Waals surface area (Å²) in [7, 11) is -1.57. The molecule has 0 aromatic heterocycles. The van der Waals surface area contributed by atoms with Crippen LogP contribution >= 0.6 is 0 Å². The van der Waals surface area contributed by atoms with Crippen LogP contribution in [0.4, 0.5) is 0 Å². The number of hydrogen-bond acceptors (Lipinski definition) is 1. The molecule has 0 bridgehead atoms. The van der Waals surface area contributed by atoms with Crippen molar-refractivity contribution in [2.24, 2.45) is 0 Å². The molecule has 0 spiro atoms.